The summed E-state index contributed by atoms with van der Waals surface area (Å²) in [7, 11) is 1.53. The van der Waals surface area contributed by atoms with E-state index in [1.807, 2.05) is 12.1 Å². The quantitative estimate of drug-likeness (QED) is 0.441. The van der Waals surface area contributed by atoms with Crippen molar-refractivity contribution in [2.75, 3.05) is 20.3 Å². The van der Waals surface area contributed by atoms with Gasteiger partial charge in [-0.15, -0.1) is 0 Å². The van der Waals surface area contributed by atoms with Gasteiger partial charge >= 0.3 is 5.97 Å². The van der Waals surface area contributed by atoms with E-state index in [0.717, 1.165) is 0 Å². The fourth-order valence-corrected chi connectivity index (χ4v) is 4.56. The van der Waals surface area contributed by atoms with Gasteiger partial charge in [0, 0.05) is 18.9 Å². The number of Topliss-reactive ketones (excluding diaryl/α,β-unsaturated/α-hetero) is 1. The molecule has 2 N–H and O–H groups in total. The molecule has 0 spiro atoms. The molecule has 0 aliphatic carbocycles. The molecule has 2 fully saturated rings. The minimum absolute atomic E-state index is 0.0580. The van der Waals surface area contributed by atoms with E-state index in [1.54, 1.807) is 43.3 Å². The molecule has 0 aromatic heterocycles. The minimum Gasteiger partial charge on any atom is -0.496 e. The molecule has 2 aliphatic rings. The number of aliphatic carboxylic acids is 1. The molecule has 11 heteroatoms. The van der Waals surface area contributed by atoms with Crippen LogP contribution in [0.25, 0.3) is 0 Å². The van der Waals surface area contributed by atoms with Crippen LogP contribution in [0.1, 0.15) is 42.5 Å². The van der Waals surface area contributed by atoms with Gasteiger partial charge < -0.3 is 38.8 Å². The van der Waals surface area contributed by atoms with Crippen LogP contribution < -0.4 is 14.8 Å². The predicted octanol–water partition coefficient (Wildman–Crippen LogP) is 2.48. The fourth-order valence-electron chi connectivity index (χ4n) is 4.56. The smallest absolute Gasteiger partial charge is 0.329 e. The first-order valence-corrected chi connectivity index (χ1v) is 12.3. The molecule has 38 heavy (non-hydrogen) atoms. The summed E-state index contributed by atoms with van der Waals surface area (Å²) in [6, 6.07) is 12.9. The lowest BCUT2D eigenvalue weighted by molar-refractivity contribution is -0.338. The predicted molar refractivity (Wildman–Crippen MR) is 132 cm³/mol. The van der Waals surface area contributed by atoms with Gasteiger partial charge in [-0.25, -0.2) is 4.79 Å². The minimum atomic E-state index is -1.20. The Balaban J connectivity index is 1.67. The van der Waals surface area contributed by atoms with Crippen LogP contribution >= 0.6 is 0 Å². The maximum absolute atomic E-state index is 12.5. The number of ketones is 1. The summed E-state index contributed by atoms with van der Waals surface area (Å²) in [5.74, 6) is -0.930. The van der Waals surface area contributed by atoms with E-state index in [4.69, 9.17) is 28.4 Å². The number of carbonyl (C=O) groups is 3. The number of hydrogen-bond donors (Lipinski definition) is 2. The lowest BCUT2D eigenvalue weighted by Gasteiger charge is -2.49. The molecule has 6 unspecified atom stereocenters. The normalized spacial score (nSPS) is 26.6. The van der Waals surface area contributed by atoms with Crippen molar-refractivity contribution < 1.29 is 47.9 Å². The number of ether oxygens (including phenoxy) is 6. The second kappa shape index (κ2) is 12.4. The van der Waals surface area contributed by atoms with Gasteiger partial charge in [-0.2, -0.15) is 0 Å². The van der Waals surface area contributed by atoms with Gasteiger partial charge in [0.25, 0.3) is 0 Å². The van der Waals surface area contributed by atoms with Crippen LogP contribution in [-0.4, -0.2) is 73.7 Å². The standard InChI is InChI=1S/C27H31NO10/c1-4-18(30)16-9-5-8-12-20(16)36-27-23(28-15(2)29)25(34-14-22(31)32)24-21(37-27)13-35-26(38-24)17-10-6-7-11-19(17)33-3/h5-12,21,23-27H,4,13-14H2,1-3H3,(H,28,29)(H,31,32). The molecule has 11 nitrogen and oxygen atoms in total. The number of carboxylic acid groups (broad SMARTS) is 1. The lowest BCUT2D eigenvalue weighted by Crippen LogP contribution is -2.68. The number of fused-ring (bicyclic) bond motifs is 1. The average molecular weight is 530 g/mol. The van der Waals surface area contributed by atoms with E-state index in [0.29, 0.717) is 16.9 Å². The summed E-state index contributed by atoms with van der Waals surface area (Å²) in [4.78, 5) is 36.1. The third kappa shape index (κ3) is 6.13. The highest BCUT2D eigenvalue weighted by Crippen LogP contribution is 2.38. The average Bonchev–Trinajstić information content (AvgIpc) is 2.92. The SMILES string of the molecule is CCC(=O)c1ccccc1OC1OC2COC(c3ccccc3OC)OC2C(OCC(=O)O)C1NC(C)=O. The summed E-state index contributed by atoms with van der Waals surface area (Å²) in [5.41, 5.74) is 0.990. The first kappa shape index (κ1) is 27.5. The van der Waals surface area contributed by atoms with Gasteiger partial charge in [0.2, 0.25) is 12.2 Å². The molecule has 2 aliphatic heterocycles. The highest BCUT2D eigenvalue weighted by atomic mass is 16.8. The Morgan fingerprint density at radius 3 is 2.45 bits per heavy atom. The Kier molecular flexibility index (Phi) is 8.95. The van der Waals surface area contributed by atoms with Crippen LogP contribution in [0.2, 0.25) is 0 Å². The maximum atomic E-state index is 12.5. The monoisotopic (exact) mass is 529 g/mol. The number of hydrogen-bond acceptors (Lipinski definition) is 9. The zero-order valence-electron chi connectivity index (χ0n) is 21.3. The number of methoxy groups -OCH3 is 1. The molecular weight excluding hydrogens is 498 g/mol. The van der Waals surface area contributed by atoms with Crippen molar-refractivity contribution in [3.8, 4) is 11.5 Å². The van der Waals surface area contributed by atoms with E-state index >= 15 is 0 Å². The molecule has 0 bridgehead atoms. The molecule has 1 amide bonds. The Morgan fingerprint density at radius 1 is 1.05 bits per heavy atom. The Labute approximate surface area is 219 Å². The second-order valence-electron chi connectivity index (χ2n) is 8.84. The zero-order chi connectivity index (χ0) is 27.2. The summed E-state index contributed by atoms with van der Waals surface area (Å²) < 4.78 is 35.7. The first-order valence-electron chi connectivity index (χ1n) is 12.3. The Morgan fingerprint density at radius 2 is 1.76 bits per heavy atom. The van der Waals surface area contributed by atoms with Crippen LogP contribution in [0.5, 0.6) is 11.5 Å². The van der Waals surface area contributed by atoms with Gasteiger partial charge in [0.1, 0.15) is 42.5 Å². The van der Waals surface area contributed by atoms with Crippen molar-refractivity contribution in [2.24, 2.45) is 0 Å². The van der Waals surface area contributed by atoms with Crippen LogP contribution in [0.15, 0.2) is 48.5 Å². The van der Waals surface area contributed by atoms with Crippen LogP contribution in [0.4, 0.5) is 0 Å². The van der Waals surface area contributed by atoms with E-state index in [2.05, 4.69) is 5.32 Å². The summed E-state index contributed by atoms with van der Waals surface area (Å²) >= 11 is 0. The van der Waals surface area contributed by atoms with Crippen molar-refractivity contribution in [1.82, 2.24) is 5.32 Å². The van der Waals surface area contributed by atoms with Gasteiger partial charge in [-0.1, -0.05) is 37.3 Å². The van der Waals surface area contributed by atoms with E-state index < -0.39 is 55.4 Å². The molecule has 0 radical (unpaired) electrons. The number of para-hydroxylation sites is 2. The Bertz CT molecular complexity index is 1150. The molecule has 2 saturated heterocycles. The molecule has 2 heterocycles. The highest BCUT2D eigenvalue weighted by Gasteiger charge is 2.52. The molecule has 4 rings (SSSR count). The Hall–Kier alpha value is -3.51. The topological polar surface area (TPSA) is 139 Å². The van der Waals surface area contributed by atoms with Gasteiger partial charge in [-0.3, -0.25) is 9.59 Å². The number of nitrogens with one attached hydrogen (secondary N) is 1. The maximum Gasteiger partial charge on any atom is 0.329 e. The number of benzene rings is 2. The third-order valence-electron chi connectivity index (χ3n) is 6.25. The summed E-state index contributed by atoms with van der Waals surface area (Å²) in [6.07, 6.45) is -4.29. The van der Waals surface area contributed by atoms with Crippen molar-refractivity contribution in [1.29, 1.82) is 0 Å². The molecule has 2 aromatic rings. The van der Waals surface area contributed by atoms with Crippen molar-refractivity contribution in [2.45, 2.75) is 57.2 Å². The molecule has 6 atom stereocenters. The van der Waals surface area contributed by atoms with E-state index in [9.17, 15) is 19.5 Å². The van der Waals surface area contributed by atoms with Gasteiger partial charge in [0.15, 0.2) is 12.1 Å². The third-order valence-corrected chi connectivity index (χ3v) is 6.25. The van der Waals surface area contributed by atoms with E-state index in [-0.39, 0.29) is 24.6 Å². The van der Waals surface area contributed by atoms with Crippen LogP contribution in [0, 0.1) is 0 Å². The van der Waals surface area contributed by atoms with Crippen molar-refractivity contribution >= 4 is 17.7 Å². The van der Waals surface area contributed by atoms with Crippen molar-refractivity contribution in [3.63, 3.8) is 0 Å². The zero-order valence-corrected chi connectivity index (χ0v) is 21.3. The second-order valence-corrected chi connectivity index (χ2v) is 8.84. The molecule has 2 aromatic carbocycles. The van der Waals surface area contributed by atoms with Crippen LogP contribution in [-0.2, 0) is 28.5 Å². The summed E-state index contributed by atoms with van der Waals surface area (Å²) in [6.45, 7) is 2.47. The summed E-state index contributed by atoms with van der Waals surface area (Å²) in [5, 5.41) is 12.1. The van der Waals surface area contributed by atoms with Gasteiger partial charge in [-0.05, 0) is 18.2 Å². The fraction of sp³-hybridized carbons (Fsp3) is 0.444. The van der Waals surface area contributed by atoms with Crippen LogP contribution in [0.3, 0.4) is 0 Å². The number of rotatable bonds is 10. The lowest BCUT2D eigenvalue weighted by atomic mass is 9.95. The van der Waals surface area contributed by atoms with Gasteiger partial charge in [0.05, 0.1) is 19.3 Å². The highest BCUT2D eigenvalue weighted by molar-refractivity contribution is 5.98. The number of carboxylic acids is 1. The molecule has 204 valence electrons. The number of carbonyl (C=O) groups excluding carboxylic acids is 2. The molecular formula is C27H31NO10. The molecule has 0 saturated carbocycles. The first-order chi connectivity index (χ1) is 18.3. The number of amides is 1. The van der Waals surface area contributed by atoms with Crippen molar-refractivity contribution in [3.05, 3.63) is 59.7 Å². The van der Waals surface area contributed by atoms with E-state index in [1.165, 1.54) is 14.0 Å². The largest absolute Gasteiger partial charge is 0.496 e.